The van der Waals surface area contributed by atoms with E-state index in [-0.39, 0.29) is 45.1 Å². The molecule has 6 rings (SSSR count). The third-order valence-electron chi connectivity index (χ3n) is 15.0. The molecule has 1 N–H and O–H groups in total. The Hall–Kier alpha value is -2.17. The van der Waals surface area contributed by atoms with Crippen molar-refractivity contribution in [2.75, 3.05) is 0 Å². The van der Waals surface area contributed by atoms with Gasteiger partial charge in [-0.2, -0.15) is 0 Å². The van der Waals surface area contributed by atoms with E-state index in [0.717, 1.165) is 44.1 Å². The van der Waals surface area contributed by atoms with Crippen molar-refractivity contribution in [2.24, 2.45) is 56.7 Å². The van der Waals surface area contributed by atoms with Crippen molar-refractivity contribution in [1.29, 1.82) is 0 Å². The second-order valence-corrected chi connectivity index (χ2v) is 16.8. The molecule has 0 saturated heterocycles. The van der Waals surface area contributed by atoms with Gasteiger partial charge in [0.1, 0.15) is 6.10 Å². The van der Waals surface area contributed by atoms with Crippen molar-refractivity contribution in [3.63, 3.8) is 0 Å². The van der Waals surface area contributed by atoms with Gasteiger partial charge in [-0.05, 0) is 135 Å². The fourth-order valence-electron chi connectivity index (χ4n) is 12.8. The zero-order valence-corrected chi connectivity index (χ0v) is 27.9. The highest BCUT2D eigenvalue weighted by molar-refractivity contribution is 5.84. The molecule has 1 aromatic heterocycles. The Kier molecular flexibility index (Phi) is 7.49. The van der Waals surface area contributed by atoms with Crippen LogP contribution in [0.2, 0.25) is 0 Å². The second kappa shape index (κ2) is 10.4. The molecule has 1 unspecified atom stereocenters. The molecule has 0 spiro atoms. The number of rotatable bonds is 5. The molecular weight excluding hydrogens is 532 g/mol. The lowest BCUT2D eigenvalue weighted by Crippen LogP contribution is -2.67. The average molecular weight is 589 g/mol. The minimum absolute atomic E-state index is 0.00938. The first-order valence-corrected chi connectivity index (χ1v) is 17.2. The lowest BCUT2D eigenvalue weighted by Gasteiger charge is -2.72. The van der Waals surface area contributed by atoms with Crippen molar-refractivity contribution in [3.8, 4) is 0 Å². The Morgan fingerprint density at radius 3 is 2.28 bits per heavy atom. The number of carbonyl (C=O) groups is 2. The van der Waals surface area contributed by atoms with Gasteiger partial charge in [0.05, 0.1) is 5.41 Å². The summed E-state index contributed by atoms with van der Waals surface area (Å²) in [7, 11) is 0. The Labute approximate surface area is 260 Å². The molecule has 1 heterocycles. The Morgan fingerprint density at radius 2 is 1.60 bits per heavy atom. The molecule has 0 bridgehead atoms. The van der Waals surface area contributed by atoms with Gasteiger partial charge < -0.3 is 10.1 Å². The molecule has 5 saturated carbocycles. The van der Waals surface area contributed by atoms with Crippen molar-refractivity contribution >= 4 is 11.9 Å². The number of nitrogens with one attached hydrogen (secondary N) is 1. The number of pyridine rings is 1. The number of nitrogens with zero attached hydrogens (tertiary/aromatic N) is 1. The quantitative estimate of drug-likeness (QED) is 0.278. The average Bonchev–Trinajstić information content (AvgIpc) is 3.35. The molecule has 0 radical (unpaired) electrons. The number of esters is 1. The van der Waals surface area contributed by atoms with Gasteiger partial charge in [0.15, 0.2) is 0 Å². The minimum atomic E-state index is -0.296. The highest BCUT2D eigenvalue weighted by Gasteiger charge is 2.72. The zero-order chi connectivity index (χ0) is 31.0. The first-order chi connectivity index (χ1) is 20.2. The van der Waals surface area contributed by atoms with Gasteiger partial charge in [0.25, 0.3) is 0 Å². The Morgan fingerprint density at radius 1 is 0.884 bits per heavy atom. The highest BCUT2D eigenvalue weighted by Crippen LogP contribution is 2.77. The van der Waals surface area contributed by atoms with Crippen molar-refractivity contribution in [2.45, 2.75) is 125 Å². The maximum absolute atomic E-state index is 14.3. The normalized spacial score (nSPS) is 44.6. The van der Waals surface area contributed by atoms with Gasteiger partial charge in [0, 0.05) is 31.3 Å². The van der Waals surface area contributed by atoms with Crippen LogP contribution < -0.4 is 5.32 Å². The fourth-order valence-corrected chi connectivity index (χ4v) is 12.8. The van der Waals surface area contributed by atoms with Gasteiger partial charge in [-0.3, -0.25) is 14.6 Å². The summed E-state index contributed by atoms with van der Waals surface area (Å²) < 4.78 is 5.94. The number of ether oxygens (including phenoxy) is 1. The van der Waals surface area contributed by atoms with Crippen LogP contribution in [0.3, 0.4) is 0 Å². The summed E-state index contributed by atoms with van der Waals surface area (Å²) in [5.41, 5.74) is 2.72. The van der Waals surface area contributed by atoms with Crippen LogP contribution in [0.15, 0.2) is 36.7 Å². The molecule has 0 aliphatic heterocycles. The molecule has 5 heteroatoms. The SMILES string of the molecule is C=C(C)[C@@H]1CC[C@]2(C(=O)NCc3ccncc3)CC[C@]3(C)[C@H](CC[C@@H]4[C@@]5(C)CC[C@H](OC(C)=O)C(C)(C)[C@@H]5CC[C@]43C)C12. The van der Waals surface area contributed by atoms with Crippen molar-refractivity contribution < 1.29 is 14.3 Å². The van der Waals surface area contributed by atoms with Gasteiger partial charge in [-0.25, -0.2) is 0 Å². The summed E-state index contributed by atoms with van der Waals surface area (Å²) in [6.07, 6.45) is 14.8. The standard InChI is InChI=1S/C38H56N2O3/c1-24(2)27-11-18-38(33(42)40-23-26-14-21-39-22-15-26)20-19-36(7)28(32(27)38)9-10-30-35(6)16-13-31(43-25(3)41)34(4,5)29(35)12-17-37(30,36)8/h14-15,21-22,27-32H,1,9-13,16-20,23H2,2-8H3,(H,40,42)/t27-,28+,29-,30+,31-,32?,35-,36+,37+,38-/m0/s1. The van der Waals surface area contributed by atoms with E-state index in [9.17, 15) is 9.59 Å². The third kappa shape index (κ3) is 4.40. The minimum Gasteiger partial charge on any atom is -0.462 e. The summed E-state index contributed by atoms with van der Waals surface area (Å²) in [6.45, 7) is 21.5. The first kappa shape index (κ1) is 30.8. The van der Waals surface area contributed by atoms with Crippen LogP contribution >= 0.6 is 0 Å². The molecule has 1 amide bonds. The van der Waals surface area contributed by atoms with E-state index in [1.807, 2.05) is 12.1 Å². The van der Waals surface area contributed by atoms with Crippen LogP contribution in [0.25, 0.3) is 0 Å². The lowest BCUT2D eigenvalue weighted by molar-refractivity contribution is -0.248. The lowest BCUT2D eigenvalue weighted by atomic mass is 9.32. The molecule has 5 nitrogen and oxygen atoms in total. The predicted molar refractivity (Wildman–Crippen MR) is 171 cm³/mol. The van der Waals surface area contributed by atoms with E-state index in [4.69, 9.17) is 4.74 Å². The van der Waals surface area contributed by atoms with Crippen LogP contribution in [0, 0.1) is 56.7 Å². The largest absolute Gasteiger partial charge is 0.462 e. The van der Waals surface area contributed by atoms with E-state index in [1.165, 1.54) is 31.3 Å². The Bertz CT molecular complexity index is 1270. The van der Waals surface area contributed by atoms with Gasteiger partial charge in [-0.15, -0.1) is 0 Å². The van der Waals surface area contributed by atoms with Crippen LogP contribution in [-0.4, -0.2) is 23.0 Å². The summed E-state index contributed by atoms with van der Waals surface area (Å²) >= 11 is 0. The summed E-state index contributed by atoms with van der Waals surface area (Å²) in [6, 6.07) is 4.00. The summed E-state index contributed by atoms with van der Waals surface area (Å²) in [5.74, 6) is 2.64. The number of allylic oxidation sites excluding steroid dienone is 1. The second-order valence-electron chi connectivity index (χ2n) is 16.8. The predicted octanol–water partition coefficient (Wildman–Crippen LogP) is 8.29. The highest BCUT2D eigenvalue weighted by atomic mass is 16.5. The van der Waals surface area contributed by atoms with E-state index in [2.05, 4.69) is 58.4 Å². The van der Waals surface area contributed by atoms with Crippen LogP contribution in [0.1, 0.15) is 118 Å². The van der Waals surface area contributed by atoms with Crippen molar-refractivity contribution in [3.05, 3.63) is 42.2 Å². The van der Waals surface area contributed by atoms with E-state index in [1.54, 1.807) is 19.3 Å². The number of fused-ring (bicyclic) bond motifs is 7. The molecule has 43 heavy (non-hydrogen) atoms. The van der Waals surface area contributed by atoms with Crippen LogP contribution in [0.4, 0.5) is 0 Å². The number of carbonyl (C=O) groups excluding carboxylic acids is 2. The molecule has 1 aromatic rings. The molecule has 10 atom stereocenters. The monoisotopic (exact) mass is 588 g/mol. The van der Waals surface area contributed by atoms with Crippen LogP contribution in [0.5, 0.6) is 0 Å². The van der Waals surface area contributed by atoms with Gasteiger partial charge >= 0.3 is 5.97 Å². The smallest absolute Gasteiger partial charge is 0.302 e. The molecule has 5 aliphatic rings. The first-order valence-electron chi connectivity index (χ1n) is 17.2. The zero-order valence-electron chi connectivity index (χ0n) is 27.9. The number of hydrogen-bond acceptors (Lipinski definition) is 4. The van der Waals surface area contributed by atoms with Crippen molar-refractivity contribution in [1.82, 2.24) is 10.3 Å². The van der Waals surface area contributed by atoms with Crippen LogP contribution in [-0.2, 0) is 20.9 Å². The van der Waals surface area contributed by atoms with Gasteiger partial charge in [-0.1, -0.05) is 46.8 Å². The van der Waals surface area contributed by atoms with E-state index in [0.29, 0.717) is 36.1 Å². The molecule has 5 fully saturated rings. The summed E-state index contributed by atoms with van der Waals surface area (Å²) in [5, 5.41) is 3.40. The third-order valence-corrected chi connectivity index (χ3v) is 15.0. The Balaban J connectivity index is 1.31. The molecule has 5 aliphatic carbocycles. The number of amides is 1. The topological polar surface area (TPSA) is 68.3 Å². The maximum atomic E-state index is 14.3. The number of hydrogen-bond donors (Lipinski definition) is 1. The fraction of sp³-hybridized carbons (Fsp3) is 0.763. The number of aromatic nitrogens is 1. The molecular formula is C38H56N2O3. The maximum Gasteiger partial charge on any atom is 0.302 e. The van der Waals surface area contributed by atoms with E-state index < -0.39 is 0 Å². The van der Waals surface area contributed by atoms with E-state index >= 15 is 0 Å². The molecule has 236 valence electrons. The molecule has 0 aromatic carbocycles. The van der Waals surface area contributed by atoms with Gasteiger partial charge in [0.2, 0.25) is 5.91 Å². The summed E-state index contributed by atoms with van der Waals surface area (Å²) in [4.78, 5) is 30.5.